The first-order valence-electron chi connectivity index (χ1n) is 6.91. The van der Waals surface area contributed by atoms with E-state index in [9.17, 15) is 9.59 Å². The molecule has 0 saturated heterocycles. The van der Waals surface area contributed by atoms with E-state index >= 15 is 0 Å². The predicted molar refractivity (Wildman–Crippen MR) is 72.5 cm³/mol. The normalized spacial score (nSPS) is 17.8. The number of amides is 2. The van der Waals surface area contributed by atoms with Crippen molar-refractivity contribution >= 4 is 11.8 Å². The van der Waals surface area contributed by atoms with Crippen molar-refractivity contribution < 1.29 is 14.3 Å². The van der Waals surface area contributed by atoms with Gasteiger partial charge in [-0.15, -0.1) is 0 Å². The zero-order valence-corrected chi connectivity index (χ0v) is 11.7. The summed E-state index contributed by atoms with van der Waals surface area (Å²) in [4.78, 5) is 23.4. The van der Waals surface area contributed by atoms with Crippen molar-refractivity contribution in [2.45, 2.75) is 44.1 Å². The monoisotopic (exact) mass is 271 g/mol. The summed E-state index contributed by atoms with van der Waals surface area (Å²) in [6.07, 6.45) is 4.89. The summed E-state index contributed by atoms with van der Waals surface area (Å²) in [6, 6.07) is 0. The third-order valence-electron chi connectivity index (χ3n) is 3.46. The summed E-state index contributed by atoms with van der Waals surface area (Å²) < 4.78 is 4.83. The lowest BCUT2D eigenvalue weighted by atomic mass is 9.82. The Morgan fingerprint density at radius 2 is 1.84 bits per heavy atom. The molecule has 1 aliphatic carbocycles. The van der Waals surface area contributed by atoms with Crippen LogP contribution in [0, 0.1) is 0 Å². The molecule has 2 amide bonds. The number of nitrogens with two attached hydrogens (primary N) is 1. The minimum Gasteiger partial charge on any atom is -0.383 e. The fourth-order valence-electron chi connectivity index (χ4n) is 2.26. The summed E-state index contributed by atoms with van der Waals surface area (Å²) in [7, 11) is 1.58. The Kier molecular flexibility index (Phi) is 6.80. The van der Waals surface area contributed by atoms with Gasteiger partial charge in [0.1, 0.15) is 0 Å². The summed E-state index contributed by atoms with van der Waals surface area (Å²) >= 11 is 0. The van der Waals surface area contributed by atoms with Crippen molar-refractivity contribution in [1.82, 2.24) is 10.6 Å². The molecule has 1 fully saturated rings. The molecule has 1 aliphatic rings. The average molecular weight is 271 g/mol. The molecule has 0 unspecified atom stereocenters. The van der Waals surface area contributed by atoms with Crippen LogP contribution in [0.25, 0.3) is 0 Å². The molecule has 0 aromatic carbocycles. The molecule has 0 aromatic heterocycles. The van der Waals surface area contributed by atoms with Crippen LogP contribution in [0.5, 0.6) is 0 Å². The number of nitrogens with one attached hydrogen (secondary N) is 2. The van der Waals surface area contributed by atoms with E-state index < -0.39 is 5.54 Å². The van der Waals surface area contributed by atoms with Gasteiger partial charge in [-0.05, 0) is 12.8 Å². The quantitative estimate of drug-likeness (QED) is 0.564. The zero-order valence-electron chi connectivity index (χ0n) is 11.7. The summed E-state index contributed by atoms with van der Waals surface area (Å²) in [5.74, 6) is -0.219. The van der Waals surface area contributed by atoms with E-state index in [4.69, 9.17) is 10.5 Å². The highest BCUT2D eigenvalue weighted by atomic mass is 16.5. The molecular weight excluding hydrogens is 246 g/mol. The van der Waals surface area contributed by atoms with Crippen molar-refractivity contribution in [3.05, 3.63) is 0 Å². The molecule has 0 spiro atoms. The van der Waals surface area contributed by atoms with Gasteiger partial charge in [0.15, 0.2) is 0 Å². The Labute approximate surface area is 114 Å². The van der Waals surface area contributed by atoms with Gasteiger partial charge in [0.05, 0.1) is 12.1 Å². The Bertz CT molecular complexity index is 302. The topological polar surface area (TPSA) is 93.5 Å². The van der Waals surface area contributed by atoms with Crippen molar-refractivity contribution in [1.29, 1.82) is 0 Å². The Hall–Kier alpha value is -1.14. The fraction of sp³-hybridized carbons (Fsp3) is 0.846. The van der Waals surface area contributed by atoms with Crippen molar-refractivity contribution in [3.8, 4) is 0 Å². The molecule has 0 aromatic rings. The minimum absolute atomic E-state index is 0.0907. The minimum atomic E-state index is -0.731. The van der Waals surface area contributed by atoms with Crippen molar-refractivity contribution in [3.63, 3.8) is 0 Å². The number of carbonyl (C=O) groups excluding carboxylic acids is 2. The lowest BCUT2D eigenvalue weighted by Gasteiger charge is -2.31. The largest absolute Gasteiger partial charge is 0.383 e. The molecule has 0 bridgehead atoms. The average Bonchev–Trinajstić information content (AvgIpc) is 2.40. The first-order valence-corrected chi connectivity index (χ1v) is 6.91. The number of rotatable bonds is 7. The molecule has 19 heavy (non-hydrogen) atoms. The van der Waals surface area contributed by atoms with E-state index in [1.54, 1.807) is 7.11 Å². The zero-order chi connectivity index (χ0) is 14.1. The first kappa shape index (κ1) is 15.9. The molecule has 1 rings (SSSR count). The van der Waals surface area contributed by atoms with Crippen LogP contribution in [0.2, 0.25) is 0 Å². The number of ether oxygens (including phenoxy) is 1. The summed E-state index contributed by atoms with van der Waals surface area (Å²) in [5, 5.41) is 5.46. The van der Waals surface area contributed by atoms with Gasteiger partial charge in [-0.25, -0.2) is 0 Å². The number of hydrogen-bond donors (Lipinski definition) is 3. The van der Waals surface area contributed by atoms with E-state index in [-0.39, 0.29) is 18.2 Å². The van der Waals surface area contributed by atoms with E-state index in [1.807, 2.05) is 0 Å². The maximum atomic E-state index is 12.0. The van der Waals surface area contributed by atoms with Crippen LogP contribution < -0.4 is 16.4 Å². The van der Waals surface area contributed by atoms with Gasteiger partial charge >= 0.3 is 0 Å². The van der Waals surface area contributed by atoms with Gasteiger partial charge in [-0.2, -0.15) is 0 Å². The maximum Gasteiger partial charge on any atom is 0.240 e. The van der Waals surface area contributed by atoms with Crippen LogP contribution >= 0.6 is 0 Å². The molecule has 0 atom stereocenters. The predicted octanol–water partition coefficient (Wildman–Crippen LogP) is -0.0831. The highest BCUT2D eigenvalue weighted by molar-refractivity contribution is 5.86. The molecule has 1 saturated carbocycles. The Balaban J connectivity index is 2.17. The van der Waals surface area contributed by atoms with Gasteiger partial charge in [-0.3, -0.25) is 9.59 Å². The Morgan fingerprint density at radius 3 is 2.47 bits per heavy atom. The second-order valence-corrected chi connectivity index (χ2v) is 5.07. The molecule has 4 N–H and O–H groups in total. The second-order valence-electron chi connectivity index (χ2n) is 5.07. The first-order chi connectivity index (χ1) is 9.08. The lowest BCUT2D eigenvalue weighted by Crippen LogP contribution is -2.55. The Morgan fingerprint density at radius 1 is 1.16 bits per heavy atom. The van der Waals surface area contributed by atoms with Gasteiger partial charge in [0.25, 0.3) is 0 Å². The molecule has 6 nitrogen and oxygen atoms in total. The van der Waals surface area contributed by atoms with E-state index in [2.05, 4.69) is 10.6 Å². The van der Waals surface area contributed by atoms with Gasteiger partial charge < -0.3 is 21.1 Å². The third-order valence-corrected chi connectivity index (χ3v) is 3.46. The van der Waals surface area contributed by atoms with Gasteiger partial charge in [-0.1, -0.05) is 19.3 Å². The van der Waals surface area contributed by atoms with Gasteiger partial charge in [0, 0.05) is 26.6 Å². The van der Waals surface area contributed by atoms with Crippen LogP contribution in [-0.2, 0) is 14.3 Å². The fourth-order valence-corrected chi connectivity index (χ4v) is 2.26. The van der Waals surface area contributed by atoms with Crippen molar-refractivity contribution in [2.24, 2.45) is 5.73 Å². The van der Waals surface area contributed by atoms with Crippen LogP contribution in [0.3, 0.4) is 0 Å². The number of hydrogen-bond acceptors (Lipinski definition) is 4. The molecular formula is C13H25N3O3. The molecule has 0 heterocycles. The van der Waals surface area contributed by atoms with E-state index in [1.165, 1.54) is 0 Å². The molecule has 0 radical (unpaired) electrons. The van der Waals surface area contributed by atoms with Crippen molar-refractivity contribution in [2.75, 3.05) is 26.8 Å². The molecule has 6 heteroatoms. The van der Waals surface area contributed by atoms with Gasteiger partial charge in [0.2, 0.25) is 11.8 Å². The summed E-state index contributed by atoms with van der Waals surface area (Å²) in [5.41, 5.74) is 5.36. The molecule has 0 aliphatic heterocycles. The van der Waals surface area contributed by atoms with Crippen LogP contribution in [0.15, 0.2) is 0 Å². The SMILES string of the molecule is COCCNC(=O)CCNC(=O)C1(N)CCCCC1. The molecule has 110 valence electrons. The number of methoxy groups -OCH3 is 1. The van der Waals surface area contributed by atoms with E-state index in [0.717, 1.165) is 32.1 Å². The van der Waals surface area contributed by atoms with E-state index in [0.29, 0.717) is 19.7 Å². The van der Waals surface area contributed by atoms with Crippen LogP contribution in [0.4, 0.5) is 0 Å². The highest BCUT2D eigenvalue weighted by Crippen LogP contribution is 2.25. The summed E-state index contributed by atoms with van der Waals surface area (Å²) in [6.45, 7) is 1.31. The lowest BCUT2D eigenvalue weighted by molar-refractivity contribution is -0.127. The second kappa shape index (κ2) is 8.12. The highest BCUT2D eigenvalue weighted by Gasteiger charge is 2.34. The standard InChI is InChI=1S/C13H25N3O3/c1-19-10-9-15-11(17)5-8-16-12(18)13(14)6-3-2-4-7-13/h2-10,14H2,1H3,(H,15,17)(H,16,18). The third kappa shape index (κ3) is 5.57. The smallest absolute Gasteiger partial charge is 0.240 e. The van der Waals surface area contributed by atoms with Crippen LogP contribution in [-0.4, -0.2) is 44.2 Å². The maximum absolute atomic E-state index is 12.0. The number of carbonyl (C=O) groups is 2. The van der Waals surface area contributed by atoms with Crippen LogP contribution in [0.1, 0.15) is 38.5 Å².